The first-order chi connectivity index (χ1) is 9.16. The first-order valence-corrected chi connectivity index (χ1v) is 7.08. The van der Waals surface area contributed by atoms with Crippen molar-refractivity contribution in [3.05, 3.63) is 30.1 Å². The van der Waals surface area contributed by atoms with Gasteiger partial charge in [-0.3, -0.25) is 10.4 Å². The molecular weight excluding hydrogens is 256 g/mol. The summed E-state index contributed by atoms with van der Waals surface area (Å²) in [7, 11) is 0. The molecule has 1 atom stereocenters. The molecule has 1 aromatic rings. The van der Waals surface area contributed by atoms with E-state index in [-0.39, 0.29) is 0 Å². The Kier molecular flexibility index (Phi) is 4.85. The van der Waals surface area contributed by atoms with E-state index in [1.165, 1.54) is 12.8 Å². The number of hydrogen-bond donors (Lipinski definition) is 1. The third-order valence-electron chi connectivity index (χ3n) is 3.30. The summed E-state index contributed by atoms with van der Waals surface area (Å²) in [4.78, 5) is 6.45. The molecule has 0 aromatic carbocycles. The highest BCUT2D eigenvalue weighted by molar-refractivity contribution is 7.80. The van der Waals surface area contributed by atoms with Gasteiger partial charge in [-0.05, 0) is 50.0 Å². The molecule has 1 aliphatic rings. The third kappa shape index (κ3) is 3.99. The van der Waals surface area contributed by atoms with Gasteiger partial charge < -0.3 is 4.90 Å². The minimum absolute atomic E-state index is 0.703. The van der Waals surface area contributed by atoms with Gasteiger partial charge in [0.1, 0.15) is 0 Å². The number of hydrogen-bond acceptors (Lipinski definition) is 3. The summed E-state index contributed by atoms with van der Waals surface area (Å²) in [5.41, 5.74) is 4.68. The number of nitrogens with one attached hydrogen (secondary N) is 1. The van der Waals surface area contributed by atoms with Crippen molar-refractivity contribution in [1.82, 2.24) is 15.3 Å². The Morgan fingerprint density at radius 1 is 1.53 bits per heavy atom. The Morgan fingerprint density at radius 3 is 3.05 bits per heavy atom. The van der Waals surface area contributed by atoms with Crippen molar-refractivity contribution >= 4 is 23.0 Å². The largest absolute Gasteiger partial charge is 0.348 e. The summed E-state index contributed by atoms with van der Waals surface area (Å²) in [6.45, 7) is 6.23. The van der Waals surface area contributed by atoms with Crippen LogP contribution in [0.4, 0.5) is 0 Å². The first-order valence-electron chi connectivity index (χ1n) is 6.67. The molecule has 102 valence electrons. The zero-order valence-electron chi connectivity index (χ0n) is 11.5. The molecule has 0 aliphatic carbocycles. The second-order valence-corrected chi connectivity index (χ2v) is 5.41. The average Bonchev–Trinajstić information content (AvgIpc) is 2.45. The van der Waals surface area contributed by atoms with Crippen LogP contribution in [0.25, 0.3) is 0 Å². The third-order valence-corrected chi connectivity index (χ3v) is 3.65. The van der Waals surface area contributed by atoms with Gasteiger partial charge in [0.2, 0.25) is 0 Å². The van der Waals surface area contributed by atoms with Gasteiger partial charge in [0.15, 0.2) is 5.11 Å². The van der Waals surface area contributed by atoms with Crippen LogP contribution >= 0.6 is 12.2 Å². The van der Waals surface area contributed by atoms with Crippen molar-refractivity contribution in [2.75, 3.05) is 13.1 Å². The number of nitrogens with zero attached hydrogens (tertiary/aromatic N) is 3. The summed E-state index contributed by atoms with van der Waals surface area (Å²) < 4.78 is 0. The fourth-order valence-electron chi connectivity index (χ4n) is 2.21. The van der Waals surface area contributed by atoms with E-state index in [1.54, 1.807) is 6.20 Å². The maximum absolute atomic E-state index is 5.38. The van der Waals surface area contributed by atoms with E-state index < -0.39 is 0 Å². The second-order valence-electron chi connectivity index (χ2n) is 5.02. The van der Waals surface area contributed by atoms with Crippen molar-refractivity contribution in [3.63, 3.8) is 0 Å². The lowest BCUT2D eigenvalue weighted by Crippen LogP contribution is -2.43. The summed E-state index contributed by atoms with van der Waals surface area (Å²) in [5.74, 6) is 0.703. The molecule has 5 heteroatoms. The van der Waals surface area contributed by atoms with Crippen LogP contribution in [0.1, 0.15) is 32.4 Å². The Morgan fingerprint density at radius 2 is 2.37 bits per heavy atom. The van der Waals surface area contributed by atoms with Crippen LogP contribution in [-0.4, -0.2) is 33.8 Å². The predicted octanol–water partition coefficient (Wildman–Crippen LogP) is 2.41. The molecule has 0 amide bonds. The molecular formula is C14H20N4S. The molecule has 1 N–H and O–H groups in total. The lowest BCUT2D eigenvalue weighted by molar-refractivity contribution is 0.271. The Labute approximate surface area is 119 Å². The predicted molar refractivity (Wildman–Crippen MR) is 82.2 cm³/mol. The SMILES string of the molecule is C/C(=N/NC(=S)N1CCC[C@@H](C)C1)c1ccccn1. The molecule has 1 aliphatic heterocycles. The van der Waals surface area contributed by atoms with E-state index in [4.69, 9.17) is 12.2 Å². The number of pyridine rings is 1. The molecule has 2 rings (SSSR count). The average molecular weight is 276 g/mol. The van der Waals surface area contributed by atoms with Crippen LogP contribution in [0.2, 0.25) is 0 Å². The Hall–Kier alpha value is -1.49. The standard InChI is InChI=1S/C14H20N4S/c1-11-6-5-9-18(10-11)14(19)17-16-12(2)13-7-3-4-8-15-13/h3-4,7-8,11H,5-6,9-10H2,1-2H3,(H,17,19)/b16-12-/t11-/m1/s1. The summed E-state index contributed by atoms with van der Waals surface area (Å²) >= 11 is 5.38. The van der Waals surface area contributed by atoms with Crippen LogP contribution in [0.15, 0.2) is 29.5 Å². The second kappa shape index (κ2) is 6.61. The molecule has 0 bridgehead atoms. The fourth-order valence-corrected chi connectivity index (χ4v) is 2.42. The minimum atomic E-state index is 0.703. The van der Waals surface area contributed by atoms with Gasteiger partial charge in [-0.15, -0.1) is 0 Å². The highest BCUT2D eigenvalue weighted by Crippen LogP contribution is 2.15. The minimum Gasteiger partial charge on any atom is -0.348 e. The van der Waals surface area contributed by atoms with Gasteiger partial charge in [-0.1, -0.05) is 13.0 Å². The molecule has 0 saturated carbocycles. The van der Waals surface area contributed by atoms with Gasteiger partial charge in [0, 0.05) is 19.3 Å². The molecule has 1 saturated heterocycles. The van der Waals surface area contributed by atoms with Gasteiger partial charge >= 0.3 is 0 Å². The van der Waals surface area contributed by atoms with Gasteiger partial charge in [0.05, 0.1) is 11.4 Å². The van der Waals surface area contributed by atoms with E-state index in [2.05, 4.69) is 27.3 Å². The van der Waals surface area contributed by atoms with Crippen molar-refractivity contribution in [2.45, 2.75) is 26.7 Å². The lowest BCUT2D eigenvalue weighted by atomic mass is 10.0. The fraction of sp³-hybridized carbons (Fsp3) is 0.500. The monoisotopic (exact) mass is 276 g/mol. The maximum Gasteiger partial charge on any atom is 0.189 e. The number of hydrazone groups is 1. The molecule has 1 fully saturated rings. The van der Waals surface area contributed by atoms with Crippen LogP contribution in [0, 0.1) is 5.92 Å². The summed E-state index contributed by atoms with van der Waals surface area (Å²) in [6, 6.07) is 5.78. The van der Waals surface area contributed by atoms with Crippen LogP contribution in [0.5, 0.6) is 0 Å². The number of aromatic nitrogens is 1. The normalized spacial score (nSPS) is 20.2. The molecule has 0 unspecified atom stereocenters. The summed E-state index contributed by atoms with van der Waals surface area (Å²) in [5, 5.41) is 5.03. The Bertz CT molecular complexity index is 458. The number of rotatable bonds is 2. The van der Waals surface area contributed by atoms with E-state index >= 15 is 0 Å². The van der Waals surface area contributed by atoms with Gasteiger partial charge in [-0.2, -0.15) is 5.10 Å². The van der Waals surface area contributed by atoms with Gasteiger partial charge in [-0.25, -0.2) is 0 Å². The van der Waals surface area contributed by atoms with Gasteiger partial charge in [0.25, 0.3) is 0 Å². The molecule has 1 aromatic heterocycles. The van der Waals surface area contributed by atoms with E-state index in [9.17, 15) is 0 Å². The zero-order valence-corrected chi connectivity index (χ0v) is 12.3. The van der Waals surface area contributed by atoms with Crippen molar-refractivity contribution in [1.29, 1.82) is 0 Å². The van der Waals surface area contributed by atoms with E-state index in [0.717, 1.165) is 24.5 Å². The van der Waals surface area contributed by atoms with Crippen LogP contribution in [0.3, 0.4) is 0 Å². The quantitative estimate of drug-likeness (QED) is 0.511. The highest BCUT2D eigenvalue weighted by Gasteiger charge is 2.18. The molecule has 2 heterocycles. The number of piperidine rings is 1. The van der Waals surface area contributed by atoms with Crippen molar-refractivity contribution < 1.29 is 0 Å². The lowest BCUT2D eigenvalue weighted by Gasteiger charge is -2.32. The molecule has 0 radical (unpaired) electrons. The van der Waals surface area contributed by atoms with Crippen LogP contribution < -0.4 is 5.43 Å². The molecule has 4 nitrogen and oxygen atoms in total. The smallest absolute Gasteiger partial charge is 0.189 e. The summed E-state index contributed by atoms with van der Waals surface area (Å²) in [6.07, 6.45) is 4.25. The zero-order chi connectivity index (χ0) is 13.7. The molecule has 19 heavy (non-hydrogen) atoms. The molecule has 0 spiro atoms. The van der Waals surface area contributed by atoms with E-state index in [0.29, 0.717) is 11.0 Å². The topological polar surface area (TPSA) is 40.5 Å². The first kappa shape index (κ1) is 13.9. The van der Waals surface area contributed by atoms with Crippen molar-refractivity contribution in [2.24, 2.45) is 11.0 Å². The number of likely N-dealkylation sites (tertiary alicyclic amines) is 1. The van der Waals surface area contributed by atoms with E-state index in [1.807, 2.05) is 25.1 Å². The van der Waals surface area contributed by atoms with Crippen LogP contribution in [-0.2, 0) is 0 Å². The van der Waals surface area contributed by atoms with Crippen molar-refractivity contribution in [3.8, 4) is 0 Å². The maximum atomic E-state index is 5.38. The Balaban J connectivity index is 1.92. The number of thiocarbonyl (C=S) groups is 1. The highest BCUT2D eigenvalue weighted by atomic mass is 32.1.